The Labute approximate surface area is 325 Å². The molecule has 0 saturated carbocycles. The Balaban J connectivity index is 1.38. The lowest BCUT2D eigenvalue weighted by molar-refractivity contribution is -0.137. The van der Waals surface area contributed by atoms with Crippen molar-refractivity contribution in [3.05, 3.63) is 129 Å². The van der Waals surface area contributed by atoms with Crippen LogP contribution in [0.5, 0.6) is 17.2 Å². The average Bonchev–Trinajstić information content (AvgIpc) is 3.18. The Morgan fingerprint density at radius 2 is 1.56 bits per heavy atom. The number of thioether (sulfide) groups is 1. The van der Waals surface area contributed by atoms with Crippen molar-refractivity contribution in [2.24, 2.45) is 0 Å². The van der Waals surface area contributed by atoms with Gasteiger partial charge in [-0.2, -0.15) is 13.2 Å². The maximum atomic E-state index is 15.3. The summed E-state index contributed by atoms with van der Waals surface area (Å²) in [5.74, 6) is 1.23. The number of ether oxygens (including phenoxy) is 3. The molecule has 3 aromatic heterocycles. The highest BCUT2D eigenvalue weighted by atomic mass is 35.5. The summed E-state index contributed by atoms with van der Waals surface area (Å²) < 4.78 is 62.6. The third kappa shape index (κ3) is 9.15. The highest BCUT2D eigenvalue weighted by Gasteiger charge is 2.39. The van der Waals surface area contributed by atoms with Crippen LogP contribution in [0.25, 0.3) is 22.2 Å². The van der Waals surface area contributed by atoms with E-state index < -0.39 is 23.0 Å². The molecule has 3 heterocycles. The van der Waals surface area contributed by atoms with Gasteiger partial charge in [-0.05, 0) is 71.8 Å². The number of benzene rings is 3. The molecule has 0 bridgehead atoms. The van der Waals surface area contributed by atoms with Gasteiger partial charge in [0.2, 0.25) is 0 Å². The molecule has 0 amide bonds. The molecule has 6 rings (SSSR count). The number of methoxy groups -OCH3 is 2. The Morgan fingerprint density at radius 1 is 0.909 bits per heavy atom. The van der Waals surface area contributed by atoms with E-state index >= 15 is 13.2 Å². The van der Waals surface area contributed by atoms with Crippen molar-refractivity contribution in [3.8, 4) is 28.5 Å². The number of rotatable bonds is 15. The highest BCUT2D eigenvalue weighted by molar-refractivity contribution is 7.98. The first-order chi connectivity index (χ1) is 26.5. The number of H-pyrrole nitrogens is 1. The van der Waals surface area contributed by atoms with Gasteiger partial charge >= 0.3 is 6.18 Å². The zero-order chi connectivity index (χ0) is 39.1. The Bertz CT molecular complexity index is 2280. The predicted octanol–water partition coefficient (Wildman–Crippen LogP) is 8.48. The first-order valence-corrected chi connectivity index (χ1v) is 18.7. The van der Waals surface area contributed by atoms with Gasteiger partial charge < -0.3 is 29.4 Å². The maximum Gasteiger partial charge on any atom is 0.418 e. The fourth-order valence-electron chi connectivity index (χ4n) is 6.20. The van der Waals surface area contributed by atoms with E-state index in [1.54, 1.807) is 62.6 Å². The second kappa shape index (κ2) is 17.4. The fourth-order valence-corrected chi connectivity index (χ4v) is 6.93. The van der Waals surface area contributed by atoms with Crippen LogP contribution < -0.4 is 30.0 Å². The van der Waals surface area contributed by atoms with E-state index in [0.29, 0.717) is 24.6 Å². The normalized spacial score (nSPS) is 11.5. The third-order valence-electron chi connectivity index (χ3n) is 8.94. The van der Waals surface area contributed by atoms with E-state index in [1.807, 2.05) is 41.5 Å². The number of pyridine rings is 2. The summed E-state index contributed by atoms with van der Waals surface area (Å²) in [7, 11) is 3.13. The van der Waals surface area contributed by atoms with E-state index in [9.17, 15) is 4.79 Å². The van der Waals surface area contributed by atoms with Gasteiger partial charge in [0.05, 0.1) is 54.2 Å². The lowest BCUT2D eigenvalue weighted by atomic mass is 9.97. The second-order valence-electron chi connectivity index (χ2n) is 12.5. The standard InChI is InChI=1S/C40H38ClF3N6O4S/c1-24-33(50(21-25-5-9-28(52-2)10-6-25)22-26-7-11-29(53-3)12-8-26)20-47-37(35(24)40(42,43)44)31-16-32-34(39(51)49-23-48-32)38(36(31)41)54-14-13-45-17-27-15-30(55-4)19-46-18-27/h5-12,15-16,18-20,23,45H,13-14,17,21-22H2,1-4H3,(H,48,49,51). The Kier molecular flexibility index (Phi) is 12.5. The molecule has 286 valence electrons. The third-order valence-corrected chi connectivity index (χ3v) is 10.0. The van der Waals surface area contributed by atoms with E-state index in [2.05, 4.69) is 25.3 Å². The topological polar surface area (TPSA) is 114 Å². The number of hydrogen-bond acceptors (Lipinski definition) is 10. The maximum absolute atomic E-state index is 15.3. The van der Waals surface area contributed by atoms with Crippen LogP contribution >= 0.6 is 23.4 Å². The average molecular weight is 791 g/mol. The van der Waals surface area contributed by atoms with Gasteiger partial charge in [-0.25, -0.2) is 4.98 Å². The quantitative estimate of drug-likeness (QED) is 0.0776. The SMILES string of the molecule is COc1ccc(CN(Cc2ccc(OC)cc2)c2cnc(-c3cc4nc[nH]c(=O)c4c(OCCNCc4cncc(SC)c4)c3Cl)c(C(F)(F)F)c2C)cc1. The minimum Gasteiger partial charge on any atom is -0.497 e. The van der Waals surface area contributed by atoms with Crippen molar-refractivity contribution in [1.82, 2.24) is 25.3 Å². The van der Waals surface area contributed by atoms with Crippen LogP contribution in [0.15, 0.2) is 95.3 Å². The van der Waals surface area contributed by atoms with Crippen molar-refractivity contribution in [1.29, 1.82) is 0 Å². The second-order valence-corrected chi connectivity index (χ2v) is 13.8. The summed E-state index contributed by atoms with van der Waals surface area (Å²) in [6, 6.07) is 18.0. The van der Waals surface area contributed by atoms with Crippen LogP contribution in [0.2, 0.25) is 5.02 Å². The number of hydrogen-bond donors (Lipinski definition) is 2. The summed E-state index contributed by atoms with van der Waals surface area (Å²) in [6.45, 7) is 2.84. The zero-order valence-electron chi connectivity index (χ0n) is 30.5. The lowest BCUT2D eigenvalue weighted by Crippen LogP contribution is -2.25. The van der Waals surface area contributed by atoms with Gasteiger partial charge in [-0.1, -0.05) is 35.9 Å². The molecular formula is C40H38ClF3N6O4S. The minimum absolute atomic E-state index is 0.0141. The van der Waals surface area contributed by atoms with E-state index in [0.717, 1.165) is 21.6 Å². The molecular weight excluding hydrogens is 753 g/mol. The largest absolute Gasteiger partial charge is 0.497 e. The molecule has 0 aliphatic rings. The monoisotopic (exact) mass is 790 g/mol. The van der Waals surface area contributed by atoms with Crippen molar-refractivity contribution in [3.63, 3.8) is 0 Å². The van der Waals surface area contributed by atoms with E-state index in [4.69, 9.17) is 25.8 Å². The Morgan fingerprint density at radius 3 is 2.16 bits per heavy atom. The number of halogens is 4. The minimum atomic E-state index is -4.85. The molecule has 0 radical (unpaired) electrons. The summed E-state index contributed by atoms with van der Waals surface area (Å²) in [4.78, 5) is 31.3. The lowest BCUT2D eigenvalue weighted by Gasteiger charge is -2.29. The summed E-state index contributed by atoms with van der Waals surface area (Å²) in [5.41, 5.74) is 0.968. The molecule has 3 aromatic carbocycles. The van der Waals surface area contributed by atoms with Crippen molar-refractivity contribution >= 4 is 40.0 Å². The van der Waals surface area contributed by atoms with Crippen LogP contribution in [-0.2, 0) is 25.8 Å². The molecule has 55 heavy (non-hydrogen) atoms. The number of aromatic amines is 1. The molecule has 6 aromatic rings. The molecule has 0 unspecified atom stereocenters. The van der Waals surface area contributed by atoms with Crippen molar-refractivity contribution in [2.75, 3.05) is 38.5 Å². The summed E-state index contributed by atoms with van der Waals surface area (Å²) >= 11 is 8.48. The molecule has 10 nitrogen and oxygen atoms in total. The molecule has 0 saturated heterocycles. The van der Waals surface area contributed by atoms with Gasteiger partial charge in [-0.3, -0.25) is 14.8 Å². The first kappa shape index (κ1) is 39.4. The van der Waals surface area contributed by atoms with E-state index in [-0.39, 0.29) is 58.2 Å². The highest BCUT2D eigenvalue weighted by Crippen LogP contribution is 2.46. The number of anilines is 1. The van der Waals surface area contributed by atoms with Crippen LogP contribution in [0.1, 0.15) is 27.8 Å². The van der Waals surface area contributed by atoms with Crippen LogP contribution in [0.4, 0.5) is 18.9 Å². The van der Waals surface area contributed by atoms with Gasteiger partial charge in [0, 0.05) is 49.0 Å². The number of nitrogens with zero attached hydrogens (tertiary/aromatic N) is 4. The molecule has 15 heteroatoms. The van der Waals surface area contributed by atoms with Gasteiger partial charge in [0.25, 0.3) is 5.56 Å². The number of nitrogens with one attached hydrogen (secondary N) is 2. The molecule has 0 aliphatic heterocycles. The predicted molar refractivity (Wildman–Crippen MR) is 209 cm³/mol. The first-order valence-electron chi connectivity index (χ1n) is 17.1. The molecule has 0 fully saturated rings. The van der Waals surface area contributed by atoms with E-state index in [1.165, 1.54) is 25.5 Å². The van der Waals surface area contributed by atoms with Gasteiger partial charge in [-0.15, -0.1) is 11.8 Å². The van der Waals surface area contributed by atoms with Crippen LogP contribution in [0.3, 0.4) is 0 Å². The van der Waals surface area contributed by atoms with Gasteiger partial charge in [0.15, 0.2) is 5.75 Å². The number of fused-ring (bicyclic) bond motifs is 1. The molecule has 0 atom stereocenters. The summed E-state index contributed by atoms with van der Waals surface area (Å²) in [6.07, 6.45) is 3.24. The fraction of sp³-hybridized carbons (Fsp3) is 0.250. The number of alkyl halides is 3. The Hall–Kier alpha value is -5.31. The molecule has 0 spiro atoms. The summed E-state index contributed by atoms with van der Waals surface area (Å²) in [5, 5.41) is 3.07. The number of aromatic nitrogens is 4. The molecule has 0 aliphatic carbocycles. The van der Waals surface area contributed by atoms with Crippen molar-refractivity contribution < 1.29 is 27.4 Å². The van der Waals surface area contributed by atoms with Crippen molar-refractivity contribution in [2.45, 2.75) is 37.6 Å². The van der Waals surface area contributed by atoms with Crippen LogP contribution in [-0.4, -0.2) is 53.6 Å². The zero-order valence-corrected chi connectivity index (χ0v) is 32.0. The smallest absolute Gasteiger partial charge is 0.418 e. The van der Waals surface area contributed by atoms with Gasteiger partial charge in [0.1, 0.15) is 23.5 Å². The molecule has 2 N–H and O–H groups in total. The van der Waals surface area contributed by atoms with Crippen LogP contribution in [0, 0.1) is 6.92 Å².